The van der Waals surface area contributed by atoms with E-state index in [9.17, 15) is 0 Å². The molecule has 74 valence electrons. The molecule has 0 rings (SSSR count). The van der Waals surface area contributed by atoms with Crippen molar-refractivity contribution in [2.75, 3.05) is 13.6 Å². The highest BCUT2D eigenvalue weighted by atomic mass is 15.2. The molecule has 0 aromatic rings. The summed E-state index contributed by atoms with van der Waals surface area (Å²) in [6.07, 6.45) is 2.56. The average Bonchev–Trinajstić information content (AvgIpc) is 1.85. The molecule has 0 unspecified atom stereocenters. The lowest BCUT2D eigenvalue weighted by Gasteiger charge is -2.36. The second kappa shape index (κ2) is 4.86. The third kappa shape index (κ3) is 4.10. The van der Waals surface area contributed by atoms with Crippen LogP contribution in [0.2, 0.25) is 0 Å². The Morgan fingerprint density at radius 3 is 2.08 bits per heavy atom. The van der Waals surface area contributed by atoms with E-state index in [2.05, 4.69) is 46.6 Å². The molecule has 0 saturated carbocycles. The molecular weight excluding hydrogens is 146 g/mol. The van der Waals surface area contributed by atoms with Crippen LogP contribution in [0, 0.1) is 5.92 Å². The molecule has 0 saturated heterocycles. The number of nitrogens with zero attached hydrogens (tertiary/aromatic N) is 1. The van der Waals surface area contributed by atoms with Crippen LogP contribution < -0.4 is 0 Å². The third-order valence-electron chi connectivity index (χ3n) is 2.53. The van der Waals surface area contributed by atoms with Gasteiger partial charge in [-0.05, 0) is 33.2 Å². The van der Waals surface area contributed by atoms with Crippen molar-refractivity contribution in [3.05, 3.63) is 0 Å². The first-order valence-corrected chi connectivity index (χ1v) is 5.11. The predicted octanol–water partition coefficient (Wildman–Crippen LogP) is 3.15. The second-order valence-corrected chi connectivity index (χ2v) is 4.84. The highest BCUT2D eigenvalue weighted by molar-refractivity contribution is 4.78. The molecule has 0 spiro atoms. The van der Waals surface area contributed by atoms with Crippen LogP contribution in [0.4, 0.5) is 0 Å². The maximum Gasteiger partial charge on any atom is 0.0150 e. The van der Waals surface area contributed by atoms with Gasteiger partial charge in [-0.15, -0.1) is 0 Å². The van der Waals surface area contributed by atoms with E-state index < -0.39 is 0 Å². The third-order valence-corrected chi connectivity index (χ3v) is 2.53. The first-order chi connectivity index (χ1) is 5.40. The number of hydrogen-bond acceptors (Lipinski definition) is 1. The van der Waals surface area contributed by atoms with Crippen LogP contribution in [0.25, 0.3) is 0 Å². The van der Waals surface area contributed by atoms with Gasteiger partial charge in [-0.2, -0.15) is 0 Å². The summed E-state index contributed by atoms with van der Waals surface area (Å²) in [6, 6.07) is 0. The molecule has 0 aromatic heterocycles. The molecule has 0 aromatic carbocycles. The molecule has 0 aliphatic carbocycles. The Bertz CT molecular complexity index is 116. The highest BCUT2D eigenvalue weighted by Gasteiger charge is 2.22. The Kier molecular flexibility index (Phi) is 4.84. The first-order valence-electron chi connectivity index (χ1n) is 5.11. The zero-order valence-electron chi connectivity index (χ0n) is 9.65. The van der Waals surface area contributed by atoms with Crippen molar-refractivity contribution < 1.29 is 0 Å². The van der Waals surface area contributed by atoms with Gasteiger partial charge in [-0.25, -0.2) is 0 Å². The molecule has 0 radical (unpaired) electrons. The Morgan fingerprint density at radius 1 is 1.25 bits per heavy atom. The smallest absolute Gasteiger partial charge is 0.0150 e. The van der Waals surface area contributed by atoms with Gasteiger partial charge in [-0.1, -0.05) is 27.2 Å². The van der Waals surface area contributed by atoms with Crippen LogP contribution in [0.1, 0.15) is 47.5 Å². The fraction of sp³-hybridized carbons (Fsp3) is 1.00. The lowest BCUT2D eigenvalue weighted by molar-refractivity contribution is 0.129. The van der Waals surface area contributed by atoms with Crippen LogP contribution in [0.15, 0.2) is 0 Å². The van der Waals surface area contributed by atoms with E-state index in [0.717, 1.165) is 5.92 Å². The minimum atomic E-state index is 0.374. The van der Waals surface area contributed by atoms with Gasteiger partial charge < -0.3 is 4.90 Å². The van der Waals surface area contributed by atoms with Crippen molar-refractivity contribution in [2.45, 2.75) is 53.0 Å². The van der Waals surface area contributed by atoms with Gasteiger partial charge in [0, 0.05) is 12.1 Å². The number of rotatable bonds is 5. The van der Waals surface area contributed by atoms with Gasteiger partial charge >= 0.3 is 0 Å². The summed E-state index contributed by atoms with van der Waals surface area (Å²) in [6.45, 7) is 12.7. The van der Waals surface area contributed by atoms with E-state index >= 15 is 0 Å². The van der Waals surface area contributed by atoms with Gasteiger partial charge in [0.15, 0.2) is 0 Å². The first kappa shape index (κ1) is 12.0. The van der Waals surface area contributed by atoms with Crippen LogP contribution in [-0.4, -0.2) is 24.0 Å². The van der Waals surface area contributed by atoms with Crippen molar-refractivity contribution in [2.24, 2.45) is 5.92 Å². The molecule has 0 heterocycles. The normalized spacial score (nSPS) is 13.0. The van der Waals surface area contributed by atoms with E-state index in [4.69, 9.17) is 0 Å². The molecule has 1 heteroatoms. The van der Waals surface area contributed by atoms with Crippen molar-refractivity contribution in [1.82, 2.24) is 4.90 Å². The van der Waals surface area contributed by atoms with E-state index in [0.29, 0.717) is 5.54 Å². The van der Waals surface area contributed by atoms with Crippen LogP contribution in [0.3, 0.4) is 0 Å². The van der Waals surface area contributed by atoms with Gasteiger partial charge in [0.25, 0.3) is 0 Å². The van der Waals surface area contributed by atoms with E-state index in [1.165, 1.54) is 19.4 Å². The largest absolute Gasteiger partial charge is 0.301 e. The fourth-order valence-corrected chi connectivity index (χ4v) is 1.60. The minimum absolute atomic E-state index is 0.374. The molecule has 12 heavy (non-hydrogen) atoms. The highest BCUT2D eigenvalue weighted by Crippen LogP contribution is 2.19. The fourth-order valence-electron chi connectivity index (χ4n) is 1.60. The lowest BCUT2D eigenvalue weighted by Crippen LogP contribution is -2.42. The predicted molar refractivity (Wildman–Crippen MR) is 56.5 cm³/mol. The Balaban J connectivity index is 3.96. The summed E-state index contributed by atoms with van der Waals surface area (Å²) < 4.78 is 0. The summed E-state index contributed by atoms with van der Waals surface area (Å²) in [5, 5.41) is 0. The molecule has 0 atom stereocenters. The maximum atomic E-state index is 2.47. The number of hydrogen-bond donors (Lipinski definition) is 0. The zero-order valence-corrected chi connectivity index (χ0v) is 9.65. The molecule has 0 N–H and O–H groups in total. The van der Waals surface area contributed by atoms with E-state index in [1.54, 1.807) is 0 Å². The molecule has 0 aliphatic heterocycles. The molecule has 0 bridgehead atoms. The quantitative estimate of drug-likeness (QED) is 0.614. The van der Waals surface area contributed by atoms with Crippen molar-refractivity contribution in [1.29, 1.82) is 0 Å². The zero-order chi connectivity index (χ0) is 9.78. The summed E-state index contributed by atoms with van der Waals surface area (Å²) in [5.74, 6) is 0.770. The van der Waals surface area contributed by atoms with E-state index in [1.807, 2.05) is 0 Å². The molecular formula is C11H25N. The maximum absolute atomic E-state index is 2.47. The van der Waals surface area contributed by atoms with Crippen molar-refractivity contribution in [3.63, 3.8) is 0 Å². The average molecular weight is 171 g/mol. The minimum Gasteiger partial charge on any atom is -0.301 e. The Labute approximate surface area is 78.1 Å². The summed E-state index contributed by atoms with van der Waals surface area (Å²) in [5.41, 5.74) is 0.374. The van der Waals surface area contributed by atoms with Crippen molar-refractivity contribution >= 4 is 0 Å². The van der Waals surface area contributed by atoms with Crippen LogP contribution in [0.5, 0.6) is 0 Å². The topological polar surface area (TPSA) is 3.24 Å². The molecule has 1 nitrogen and oxygen atoms in total. The van der Waals surface area contributed by atoms with Crippen molar-refractivity contribution in [3.8, 4) is 0 Å². The summed E-state index contributed by atoms with van der Waals surface area (Å²) >= 11 is 0. The molecule has 0 aliphatic rings. The second-order valence-electron chi connectivity index (χ2n) is 4.84. The van der Waals surface area contributed by atoms with Crippen LogP contribution >= 0.6 is 0 Å². The molecule has 0 fully saturated rings. The Morgan fingerprint density at radius 2 is 1.75 bits per heavy atom. The Hall–Kier alpha value is -0.0400. The monoisotopic (exact) mass is 171 g/mol. The van der Waals surface area contributed by atoms with Gasteiger partial charge in [0.05, 0.1) is 0 Å². The SMILES string of the molecule is CCCC(C)(C)N(C)CC(C)C. The van der Waals surface area contributed by atoms with Gasteiger partial charge in [-0.3, -0.25) is 0 Å². The van der Waals surface area contributed by atoms with Gasteiger partial charge in [0.2, 0.25) is 0 Å². The van der Waals surface area contributed by atoms with E-state index in [-0.39, 0.29) is 0 Å². The lowest BCUT2D eigenvalue weighted by atomic mass is 9.96. The summed E-state index contributed by atoms with van der Waals surface area (Å²) in [7, 11) is 2.23. The summed E-state index contributed by atoms with van der Waals surface area (Å²) in [4.78, 5) is 2.47. The molecule has 0 amide bonds. The van der Waals surface area contributed by atoms with Gasteiger partial charge in [0.1, 0.15) is 0 Å². The standard InChI is InChI=1S/C11H25N/c1-7-8-11(4,5)12(6)9-10(2)3/h10H,7-9H2,1-6H3. The van der Waals surface area contributed by atoms with Crippen LogP contribution in [-0.2, 0) is 0 Å².